The maximum atomic E-state index is 11.5. The number of hydrogen-bond acceptors (Lipinski definition) is 5. The Bertz CT molecular complexity index is 221. The van der Waals surface area contributed by atoms with Crippen molar-refractivity contribution in [3.63, 3.8) is 0 Å². The molecule has 0 rings (SSSR count). The summed E-state index contributed by atoms with van der Waals surface area (Å²) in [4.78, 5) is 11.5. The van der Waals surface area contributed by atoms with Gasteiger partial charge in [-0.3, -0.25) is 4.79 Å². The molecule has 0 aliphatic rings. The lowest BCUT2D eigenvalue weighted by Gasteiger charge is -2.21. The molecule has 2 unspecified atom stereocenters. The van der Waals surface area contributed by atoms with Gasteiger partial charge in [-0.15, -0.1) is 0 Å². The molecule has 0 bridgehead atoms. The van der Waals surface area contributed by atoms with E-state index in [4.69, 9.17) is 9.47 Å². The summed E-state index contributed by atoms with van der Waals surface area (Å²) in [5.41, 5.74) is 0. The van der Waals surface area contributed by atoms with Gasteiger partial charge >= 0.3 is 5.97 Å². The van der Waals surface area contributed by atoms with Gasteiger partial charge < -0.3 is 19.9 Å². The van der Waals surface area contributed by atoms with Crippen molar-refractivity contribution >= 4 is 5.97 Å². The Morgan fingerprint density at radius 1 is 1.39 bits per heavy atom. The van der Waals surface area contributed by atoms with Crippen LogP contribution in [0, 0.1) is 5.92 Å². The first-order valence-corrected chi connectivity index (χ1v) is 6.59. The monoisotopic (exact) mass is 261 g/mol. The van der Waals surface area contributed by atoms with Crippen LogP contribution in [0.3, 0.4) is 0 Å². The fourth-order valence-electron chi connectivity index (χ4n) is 1.51. The lowest BCUT2D eigenvalue weighted by Crippen LogP contribution is -2.45. The topological polar surface area (TPSA) is 67.8 Å². The van der Waals surface area contributed by atoms with E-state index in [1.54, 1.807) is 0 Å². The number of rotatable bonds is 10. The molecule has 0 aliphatic carbocycles. The van der Waals surface area contributed by atoms with E-state index in [2.05, 4.69) is 12.2 Å². The molecule has 108 valence electrons. The van der Waals surface area contributed by atoms with Gasteiger partial charge in [0, 0.05) is 13.2 Å². The van der Waals surface area contributed by atoms with Gasteiger partial charge in [0.05, 0.1) is 19.8 Å². The van der Waals surface area contributed by atoms with Crippen LogP contribution in [0.4, 0.5) is 0 Å². The van der Waals surface area contributed by atoms with E-state index in [-0.39, 0.29) is 17.9 Å². The van der Waals surface area contributed by atoms with Crippen molar-refractivity contribution in [3.8, 4) is 0 Å². The van der Waals surface area contributed by atoms with Gasteiger partial charge in [0.25, 0.3) is 0 Å². The maximum absolute atomic E-state index is 11.5. The predicted molar refractivity (Wildman–Crippen MR) is 70.4 cm³/mol. The van der Waals surface area contributed by atoms with Gasteiger partial charge in [-0.1, -0.05) is 27.2 Å². The van der Waals surface area contributed by atoms with Crippen molar-refractivity contribution in [1.82, 2.24) is 5.32 Å². The fourth-order valence-corrected chi connectivity index (χ4v) is 1.51. The smallest absolute Gasteiger partial charge is 0.323 e. The largest absolute Gasteiger partial charge is 0.468 e. The molecular formula is C13H27NO4. The van der Waals surface area contributed by atoms with Crippen molar-refractivity contribution in [3.05, 3.63) is 0 Å². The molecule has 0 aromatic heterocycles. The van der Waals surface area contributed by atoms with E-state index in [1.807, 2.05) is 13.8 Å². The van der Waals surface area contributed by atoms with Crippen LogP contribution in [0.25, 0.3) is 0 Å². The number of ether oxygens (including phenoxy) is 2. The lowest BCUT2D eigenvalue weighted by molar-refractivity contribution is -0.144. The van der Waals surface area contributed by atoms with Crippen molar-refractivity contribution in [2.24, 2.45) is 5.92 Å². The third kappa shape index (κ3) is 7.63. The van der Waals surface area contributed by atoms with Crippen LogP contribution in [-0.4, -0.2) is 50.1 Å². The molecule has 0 heterocycles. The summed E-state index contributed by atoms with van der Waals surface area (Å²) in [5.74, 6) is -0.185. The summed E-state index contributed by atoms with van der Waals surface area (Å²) in [6.07, 6.45) is 1.47. The zero-order valence-electron chi connectivity index (χ0n) is 11.9. The molecule has 0 radical (unpaired) electrons. The third-order valence-corrected chi connectivity index (χ3v) is 2.65. The molecule has 2 N–H and O–H groups in total. The number of aliphatic hydroxyl groups excluding tert-OH is 1. The Balaban J connectivity index is 3.85. The first kappa shape index (κ1) is 17.4. The highest BCUT2D eigenvalue weighted by atomic mass is 16.5. The summed E-state index contributed by atoms with van der Waals surface area (Å²) in [6, 6.07) is -0.389. The maximum Gasteiger partial charge on any atom is 0.323 e. The second-order valence-corrected chi connectivity index (χ2v) is 4.74. The number of carbonyl (C=O) groups is 1. The number of nitrogens with one attached hydrogen (secondary N) is 1. The molecule has 0 amide bonds. The molecule has 0 aliphatic heterocycles. The molecule has 5 nitrogen and oxygen atoms in total. The Labute approximate surface area is 110 Å². The quantitative estimate of drug-likeness (QED) is 0.453. The lowest BCUT2D eigenvalue weighted by atomic mass is 10.0. The van der Waals surface area contributed by atoms with Gasteiger partial charge in [-0.05, 0) is 12.3 Å². The molecule has 0 fully saturated rings. The Hall–Kier alpha value is -0.650. The zero-order valence-corrected chi connectivity index (χ0v) is 11.9. The van der Waals surface area contributed by atoms with Crippen molar-refractivity contribution in [2.75, 3.05) is 26.9 Å². The minimum absolute atomic E-state index is 0.116. The highest BCUT2D eigenvalue weighted by Gasteiger charge is 2.23. The minimum atomic E-state index is -0.604. The first-order valence-electron chi connectivity index (χ1n) is 6.59. The van der Waals surface area contributed by atoms with Crippen molar-refractivity contribution in [1.29, 1.82) is 0 Å². The molecule has 0 aromatic rings. The van der Waals surface area contributed by atoms with Crippen molar-refractivity contribution < 1.29 is 19.4 Å². The molecule has 0 spiro atoms. The Kier molecular flexibility index (Phi) is 9.92. The third-order valence-electron chi connectivity index (χ3n) is 2.65. The molecule has 18 heavy (non-hydrogen) atoms. The van der Waals surface area contributed by atoms with E-state index < -0.39 is 6.10 Å². The summed E-state index contributed by atoms with van der Waals surface area (Å²) < 4.78 is 10.0. The Morgan fingerprint density at radius 2 is 2.06 bits per heavy atom. The molecule has 0 aromatic carbocycles. The number of esters is 1. The molecule has 2 atom stereocenters. The highest BCUT2D eigenvalue weighted by molar-refractivity contribution is 5.75. The van der Waals surface area contributed by atoms with Crippen LogP contribution >= 0.6 is 0 Å². The number of unbranched alkanes of at least 4 members (excludes halogenated alkanes) is 1. The number of hydrogen-bond donors (Lipinski definition) is 2. The molecule has 0 saturated heterocycles. The van der Waals surface area contributed by atoms with Crippen LogP contribution in [0.2, 0.25) is 0 Å². The van der Waals surface area contributed by atoms with Gasteiger partial charge in [0.1, 0.15) is 6.04 Å². The normalized spacial score (nSPS) is 14.6. The second-order valence-electron chi connectivity index (χ2n) is 4.74. The summed E-state index contributed by atoms with van der Waals surface area (Å²) in [7, 11) is 1.36. The van der Waals surface area contributed by atoms with E-state index in [0.717, 1.165) is 12.8 Å². The van der Waals surface area contributed by atoms with Crippen LogP contribution in [0.15, 0.2) is 0 Å². The summed E-state index contributed by atoms with van der Waals surface area (Å²) in [6.45, 7) is 7.23. The second kappa shape index (κ2) is 10.3. The molecule has 5 heteroatoms. The highest BCUT2D eigenvalue weighted by Crippen LogP contribution is 2.03. The number of methoxy groups -OCH3 is 1. The van der Waals surface area contributed by atoms with Gasteiger partial charge in [-0.2, -0.15) is 0 Å². The molecule has 0 saturated carbocycles. The summed E-state index contributed by atoms with van der Waals surface area (Å²) in [5, 5.41) is 12.7. The fraction of sp³-hybridized carbons (Fsp3) is 0.923. The predicted octanol–water partition coefficient (Wildman–Crippen LogP) is 0.951. The number of carbonyl (C=O) groups excluding carboxylic acids is 1. The van der Waals surface area contributed by atoms with E-state index in [9.17, 15) is 9.90 Å². The standard InChI is InChI=1S/C13H27NO4/c1-5-6-7-18-9-11(15)8-14-12(10(2)3)13(16)17-4/h10-12,14-15H,5-9H2,1-4H3. The minimum Gasteiger partial charge on any atom is -0.468 e. The Morgan fingerprint density at radius 3 is 2.56 bits per heavy atom. The van der Waals surface area contributed by atoms with Crippen LogP contribution in [-0.2, 0) is 14.3 Å². The number of aliphatic hydroxyl groups is 1. The van der Waals surface area contributed by atoms with Gasteiger partial charge in [0.15, 0.2) is 0 Å². The van der Waals surface area contributed by atoms with Gasteiger partial charge in [0.2, 0.25) is 0 Å². The summed E-state index contributed by atoms with van der Waals surface area (Å²) >= 11 is 0. The van der Waals surface area contributed by atoms with Crippen LogP contribution < -0.4 is 5.32 Å². The molecular weight excluding hydrogens is 234 g/mol. The van der Waals surface area contributed by atoms with Gasteiger partial charge in [-0.25, -0.2) is 0 Å². The first-order chi connectivity index (χ1) is 8.52. The van der Waals surface area contributed by atoms with Crippen molar-refractivity contribution in [2.45, 2.75) is 45.8 Å². The van der Waals surface area contributed by atoms with E-state index >= 15 is 0 Å². The van der Waals surface area contributed by atoms with Crippen LogP contribution in [0.1, 0.15) is 33.6 Å². The van der Waals surface area contributed by atoms with E-state index in [0.29, 0.717) is 19.8 Å². The van der Waals surface area contributed by atoms with Crippen LogP contribution in [0.5, 0.6) is 0 Å². The zero-order chi connectivity index (χ0) is 14.0. The SMILES string of the molecule is CCCCOCC(O)CNC(C(=O)OC)C(C)C. The average molecular weight is 261 g/mol. The average Bonchev–Trinajstić information content (AvgIpc) is 2.34. The van der Waals surface area contributed by atoms with E-state index in [1.165, 1.54) is 7.11 Å².